The number of benzene rings is 1. The molecule has 1 saturated carbocycles. The number of aliphatic hydroxyl groups excluding tert-OH is 1. The maximum atomic E-state index is 12.3. The first-order chi connectivity index (χ1) is 13.1. The van der Waals surface area contributed by atoms with Crippen molar-refractivity contribution in [3.8, 4) is 0 Å². The molecule has 6 nitrogen and oxygen atoms in total. The van der Waals surface area contributed by atoms with Crippen molar-refractivity contribution in [2.45, 2.75) is 25.2 Å². The van der Waals surface area contributed by atoms with Crippen LogP contribution in [-0.4, -0.2) is 47.5 Å². The van der Waals surface area contributed by atoms with Crippen molar-refractivity contribution in [2.24, 2.45) is 5.41 Å². The Balaban J connectivity index is 1.26. The molecule has 27 heavy (non-hydrogen) atoms. The smallest absolute Gasteiger partial charge is 0.224 e. The Hall–Kier alpha value is -2.18. The summed E-state index contributed by atoms with van der Waals surface area (Å²) in [5, 5.41) is 21.0. The number of carbonyl (C=O) groups is 1. The van der Waals surface area contributed by atoms with Gasteiger partial charge in [0, 0.05) is 25.0 Å². The molecule has 7 heteroatoms. The van der Waals surface area contributed by atoms with Gasteiger partial charge >= 0.3 is 0 Å². The van der Waals surface area contributed by atoms with Crippen LogP contribution in [0.4, 0.5) is 5.82 Å². The summed E-state index contributed by atoms with van der Waals surface area (Å²) < 4.78 is 0. The third-order valence-electron chi connectivity index (χ3n) is 5.38. The van der Waals surface area contributed by atoms with E-state index < -0.39 is 0 Å². The molecule has 0 radical (unpaired) electrons. The summed E-state index contributed by atoms with van der Waals surface area (Å²) in [7, 11) is 0. The standard InChI is InChI=1S/C20H23ClN4O2/c21-17-7-8-18(24-23-17)25-11-20(12-25,13-26)10-22-19(27)9-14-1-3-15(4-2-14)16-5-6-16/h1-4,7-8,16,26H,5-6,9-13H2,(H,22,27). The first kappa shape index (κ1) is 18.2. The minimum absolute atomic E-state index is 0.0148. The number of hydrogen-bond donors (Lipinski definition) is 2. The zero-order chi connectivity index (χ0) is 18.9. The summed E-state index contributed by atoms with van der Waals surface area (Å²) in [6.45, 7) is 1.70. The molecule has 0 spiro atoms. The lowest BCUT2D eigenvalue weighted by atomic mass is 9.80. The van der Waals surface area contributed by atoms with E-state index in [0.29, 0.717) is 31.2 Å². The highest BCUT2D eigenvalue weighted by molar-refractivity contribution is 6.29. The Morgan fingerprint density at radius 3 is 2.52 bits per heavy atom. The van der Waals surface area contributed by atoms with Gasteiger partial charge in [0.2, 0.25) is 5.91 Å². The Kier molecular flexibility index (Phi) is 5.02. The number of halogens is 1. The van der Waals surface area contributed by atoms with Gasteiger partial charge in [0.25, 0.3) is 0 Å². The minimum Gasteiger partial charge on any atom is -0.396 e. The van der Waals surface area contributed by atoms with Crippen LogP contribution < -0.4 is 10.2 Å². The molecule has 2 fully saturated rings. The predicted molar refractivity (Wildman–Crippen MR) is 104 cm³/mol. The van der Waals surface area contributed by atoms with E-state index in [1.807, 2.05) is 17.0 Å². The van der Waals surface area contributed by atoms with Crippen LogP contribution in [0.1, 0.15) is 29.9 Å². The molecule has 2 N–H and O–H groups in total. The molecule has 2 heterocycles. The lowest BCUT2D eigenvalue weighted by molar-refractivity contribution is -0.121. The van der Waals surface area contributed by atoms with Crippen LogP contribution >= 0.6 is 11.6 Å². The van der Waals surface area contributed by atoms with Crippen LogP contribution in [-0.2, 0) is 11.2 Å². The van der Waals surface area contributed by atoms with E-state index in [0.717, 1.165) is 17.3 Å². The van der Waals surface area contributed by atoms with Gasteiger partial charge in [0.15, 0.2) is 11.0 Å². The molecule has 2 aliphatic rings. The molecule has 1 aliphatic heterocycles. The highest BCUT2D eigenvalue weighted by Gasteiger charge is 2.43. The average Bonchev–Trinajstić information content (AvgIpc) is 3.48. The third-order valence-corrected chi connectivity index (χ3v) is 5.59. The van der Waals surface area contributed by atoms with Crippen molar-refractivity contribution in [3.05, 3.63) is 52.7 Å². The van der Waals surface area contributed by atoms with Gasteiger partial charge in [-0.05, 0) is 42.0 Å². The molecule has 1 aliphatic carbocycles. The van der Waals surface area contributed by atoms with Gasteiger partial charge in [0.1, 0.15) is 0 Å². The number of carbonyl (C=O) groups excluding carboxylic acids is 1. The summed E-state index contributed by atoms with van der Waals surface area (Å²) >= 11 is 5.76. The van der Waals surface area contributed by atoms with E-state index in [4.69, 9.17) is 11.6 Å². The zero-order valence-corrected chi connectivity index (χ0v) is 15.8. The zero-order valence-electron chi connectivity index (χ0n) is 15.1. The van der Waals surface area contributed by atoms with Gasteiger partial charge in [-0.25, -0.2) is 0 Å². The molecule has 142 valence electrons. The van der Waals surface area contributed by atoms with Crippen molar-refractivity contribution in [1.29, 1.82) is 0 Å². The van der Waals surface area contributed by atoms with Crippen LogP contribution in [0, 0.1) is 5.41 Å². The van der Waals surface area contributed by atoms with Gasteiger partial charge in [0.05, 0.1) is 13.0 Å². The van der Waals surface area contributed by atoms with Crippen LogP contribution in [0.3, 0.4) is 0 Å². The van der Waals surface area contributed by atoms with Crippen molar-refractivity contribution < 1.29 is 9.90 Å². The molecule has 2 aromatic rings. The second-order valence-corrected chi connectivity index (χ2v) is 8.09. The number of aliphatic hydroxyl groups is 1. The fourth-order valence-electron chi connectivity index (χ4n) is 3.53. The average molecular weight is 387 g/mol. The number of nitrogens with zero attached hydrogens (tertiary/aromatic N) is 3. The van der Waals surface area contributed by atoms with Gasteiger partial charge in [-0.15, -0.1) is 10.2 Å². The molecule has 0 bridgehead atoms. The fraction of sp³-hybridized carbons (Fsp3) is 0.450. The molecule has 0 atom stereocenters. The number of nitrogens with one attached hydrogen (secondary N) is 1. The molecule has 1 saturated heterocycles. The first-order valence-corrected chi connectivity index (χ1v) is 9.65. The van der Waals surface area contributed by atoms with Crippen molar-refractivity contribution in [2.75, 3.05) is 31.1 Å². The van der Waals surface area contributed by atoms with Crippen LogP contribution in [0.2, 0.25) is 5.15 Å². The minimum atomic E-state index is -0.340. The quantitative estimate of drug-likeness (QED) is 0.762. The van der Waals surface area contributed by atoms with Crippen molar-refractivity contribution >= 4 is 23.3 Å². The largest absolute Gasteiger partial charge is 0.396 e. The summed E-state index contributed by atoms with van der Waals surface area (Å²) in [4.78, 5) is 14.3. The summed E-state index contributed by atoms with van der Waals surface area (Å²) in [5.41, 5.74) is 2.05. The summed E-state index contributed by atoms with van der Waals surface area (Å²) in [5.74, 6) is 1.43. The van der Waals surface area contributed by atoms with E-state index in [2.05, 4.69) is 27.6 Å². The van der Waals surface area contributed by atoms with E-state index in [-0.39, 0.29) is 17.9 Å². The maximum Gasteiger partial charge on any atom is 0.224 e. The van der Waals surface area contributed by atoms with Gasteiger partial charge in [-0.3, -0.25) is 4.79 Å². The van der Waals surface area contributed by atoms with Crippen LogP contribution in [0.5, 0.6) is 0 Å². The summed E-state index contributed by atoms with van der Waals surface area (Å²) in [6.07, 6.45) is 2.92. The monoisotopic (exact) mass is 386 g/mol. The highest BCUT2D eigenvalue weighted by atomic mass is 35.5. The first-order valence-electron chi connectivity index (χ1n) is 9.27. The predicted octanol–water partition coefficient (Wildman–Crippen LogP) is 2.17. The summed E-state index contributed by atoms with van der Waals surface area (Å²) in [6, 6.07) is 11.8. The van der Waals surface area contributed by atoms with Gasteiger partial charge < -0.3 is 15.3 Å². The molecule has 1 aromatic heterocycles. The molecular formula is C20H23ClN4O2. The second-order valence-electron chi connectivity index (χ2n) is 7.70. The molecule has 1 amide bonds. The van der Waals surface area contributed by atoms with Gasteiger partial charge in [-0.1, -0.05) is 35.9 Å². The molecule has 0 unspecified atom stereocenters. The number of amides is 1. The molecule has 1 aromatic carbocycles. The van der Waals surface area contributed by atoms with E-state index in [1.54, 1.807) is 12.1 Å². The van der Waals surface area contributed by atoms with E-state index in [1.165, 1.54) is 18.4 Å². The fourth-order valence-corrected chi connectivity index (χ4v) is 3.63. The van der Waals surface area contributed by atoms with Crippen LogP contribution in [0.15, 0.2) is 36.4 Å². The van der Waals surface area contributed by atoms with Gasteiger partial charge in [-0.2, -0.15) is 0 Å². The Morgan fingerprint density at radius 1 is 1.19 bits per heavy atom. The number of anilines is 1. The Morgan fingerprint density at radius 2 is 1.93 bits per heavy atom. The number of aromatic nitrogens is 2. The lowest BCUT2D eigenvalue weighted by Gasteiger charge is -2.49. The normalized spacial score (nSPS) is 18.1. The van der Waals surface area contributed by atoms with E-state index in [9.17, 15) is 9.90 Å². The Bertz CT molecular complexity index is 800. The SMILES string of the molecule is O=C(Cc1ccc(C2CC2)cc1)NCC1(CO)CN(c2ccc(Cl)nn2)C1. The molecular weight excluding hydrogens is 364 g/mol. The highest BCUT2D eigenvalue weighted by Crippen LogP contribution is 2.39. The van der Waals surface area contributed by atoms with Crippen molar-refractivity contribution in [1.82, 2.24) is 15.5 Å². The Labute approximate surface area is 163 Å². The van der Waals surface area contributed by atoms with E-state index >= 15 is 0 Å². The third kappa shape index (κ3) is 4.22. The van der Waals surface area contributed by atoms with Crippen LogP contribution in [0.25, 0.3) is 0 Å². The topological polar surface area (TPSA) is 78.4 Å². The number of rotatable bonds is 7. The lowest BCUT2D eigenvalue weighted by Crippen LogP contribution is -2.63. The number of hydrogen-bond acceptors (Lipinski definition) is 5. The van der Waals surface area contributed by atoms with Crippen molar-refractivity contribution in [3.63, 3.8) is 0 Å². The molecule has 4 rings (SSSR count). The second kappa shape index (κ2) is 7.44. The maximum absolute atomic E-state index is 12.3.